The zero-order chi connectivity index (χ0) is 14.8. The molecule has 0 aromatic heterocycles. The zero-order valence-electron chi connectivity index (χ0n) is 11.7. The molecule has 1 fully saturated rings. The van der Waals surface area contributed by atoms with Gasteiger partial charge < -0.3 is 15.4 Å². The number of halogens is 1. The molecule has 1 unspecified atom stereocenters. The van der Waals surface area contributed by atoms with Crippen LogP contribution in [0.25, 0.3) is 0 Å². The summed E-state index contributed by atoms with van der Waals surface area (Å²) in [6, 6.07) is 4.34. The van der Waals surface area contributed by atoms with Crippen LogP contribution in [-0.2, 0) is 15.0 Å². The molecule has 5 heteroatoms. The fourth-order valence-electron chi connectivity index (χ4n) is 2.52. The van der Waals surface area contributed by atoms with Crippen molar-refractivity contribution in [2.24, 2.45) is 0 Å². The van der Waals surface area contributed by atoms with Gasteiger partial charge in [0.2, 0.25) is 5.91 Å². The monoisotopic (exact) mass is 278 g/mol. The third-order valence-electron chi connectivity index (χ3n) is 3.97. The number of amides is 1. The highest BCUT2D eigenvalue weighted by Crippen LogP contribution is 2.51. The van der Waals surface area contributed by atoms with E-state index in [1.165, 1.54) is 6.07 Å². The predicted octanol–water partition coefficient (Wildman–Crippen LogP) is 1.99. The molecule has 1 saturated carbocycles. The van der Waals surface area contributed by atoms with Crippen LogP contribution >= 0.6 is 0 Å². The Morgan fingerprint density at radius 3 is 2.65 bits per heavy atom. The second kappa shape index (κ2) is 5.61. The first-order valence-corrected chi connectivity index (χ1v) is 6.80. The molecule has 20 heavy (non-hydrogen) atoms. The minimum Gasteiger partial charge on any atom is -0.386 e. The van der Waals surface area contributed by atoms with Crippen LogP contribution in [0.1, 0.15) is 31.7 Å². The summed E-state index contributed by atoms with van der Waals surface area (Å²) < 4.78 is 13.9. The van der Waals surface area contributed by atoms with Gasteiger partial charge in [-0.15, -0.1) is 0 Å². The molecule has 0 saturated heterocycles. The van der Waals surface area contributed by atoms with Crippen molar-refractivity contribution in [3.8, 4) is 0 Å². The van der Waals surface area contributed by atoms with Gasteiger partial charge in [0, 0.05) is 18.9 Å². The van der Waals surface area contributed by atoms with Crippen LogP contribution in [0.4, 0.5) is 10.1 Å². The lowest BCUT2D eigenvalue weighted by atomic mass is 9.88. The van der Waals surface area contributed by atoms with E-state index in [0.29, 0.717) is 12.1 Å². The molecule has 0 radical (unpaired) electrons. The molecule has 108 valence electrons. The number of benzene rings is 1. The lowest BCUT2D eigenvalue weighted by Gasteiger charge is -2.24. The molecule has 1 atom stereocenters. The van der Waals surface area contributed by atoms with Gasteiger partial charge in [-0.3, -0.25) is 4.79 Å². The molecule has 0 bridgehead atoms. The summed E-state index contributed by atoms with van der Waals surface area (Å²) in [7, 11) is 1.65. The molecule has 1 aromatic rings. The predicted molar refractivity (Wildman–Crippen MR) is 75.1 cm³/mol. The second-order valence-electron chi connectivity index (χ2n) is 5.14. The number of nitrogens with one attached hydrogen (secondary N) is 2. The maximum absolute atomic E-state index is 13.9. The molecular weight excluding hydrogens is 259 g/mol. The Hall–Kier alpha value is -1.91. The Kier molecular flexibility index (Phi) is 4.06. The second-order valence-corrected chi connectivity index (χ2v) is 5.14. The van der Waals surface area contributed by atoms with Crippen molar-refractivity contribution in [3.05, 3.63) is 29.6 Å². The number of hydrogen-bond donors (Lipinski definition) is 2. The first-order chi connectivity index (χ1) is 9.57. The van der Waals surface area contributed by atoms with Gasteiger partial charge in [-0.2, -0.15) is 0 Å². The molecule has 0 spiro atoms. The number of carbonyl (C=O) groups is 2. The molecule has 1 aliphatic carbocycles. The van der Waals surface area contributed by atoms with Crippen LogP contribution in [0.15, 0.2) is 18.2 Å². The summed E-state index contributed by atoms with van der Waals surface area (Å²) in [6.45, 7) is 1.73. The highest BCUT2D eigenvalue weighted by Gasteiger charge is 2.51. The van der Waals surface area contributed by atoms with Crippen molar-refractivity contribution >= 4 is 17.9 Å². The molecule has 1 aromatic carbocycles. The summed E-state index contributed by atoms with van der Waals surface area (Å²) in [6.07, 6.45) is 2.63. The third kappa shape index (κ3) is 2.53. The normalized spacial score (nSPS) is 17.1. The first kappa shape index (κ1) is 14.5. The molecular formula is C15H19FN2O2. The number of rotatable bonds is 6. The van der Waals surface area contributed by atoms with Crippen LogP contribution in [0.2, 0.25) is 0 Å². The van der Waals surface area contributed by atoms with Crippen molar-refractivity contribution < 1.29 is 14.0 Å². The van der Waals surface area contributed by atoms with Gasteiger partial charge in [-0.1, -0.05) is 13.0 Å². The van der Waals surface area contributed by atoms with Crippen molar-refractivity contribution in [1.82, 2.24) is 5.32 Å². The van der Waals surface area contributed by atoms with E-state index in [9.17, 15) is 14.0 Å². The molecule has 0 heterocycles. The molecule has 4 nitrogen and oxygen atoms in total. The number of aldehydes is 1. The van der Waals surface area contributed by atoms with E-state index in [1.807, 2.05) is 6.07 Å². The Bertz CT molecular complexity index is 527. The summed E-state index contributed by atoms with van der Waals surface area (Å²) >= 11 is 0. The number of hydrogen-bond acceptors (Lipinski definition) is 3. The Labute approximate surface area is 117 Å². The van der Waals surface area contributed by atoms with E-state index < -0.39 is 11.5 Å². The zero-order valence-corrected chi connectivity index (χ0v) is 11.7. The Morgan fingerprint density at radius 1 is 1.50 bits per heavy atom. The summed E-state index contributed by atoms with van der Waals surface area (Å²) in [5.41, 5.74) is 0.743. The molecule has 1 amide bonds. The molecule has 0 aliphatic heterocycles. The quantitative estimate of drug-likeness (QED) is 0.782. The van der Waals surface area contributed by atoms with Gasteiger partial charge in [-0.05, 0) is 30.5 Å². The average Bonchev–Trinajstić information content (AvgIpc) is 3.25. The van der Waals surface area contributed by atoms with Crippen molar-refractivity contribution in [2.45, 2.75) is 37.6 Å². The molecule has 1 aliphatic rings. The standard InChI is InChI=1S/C15H19FN2O2/c1-3-14(20)18-13(9-19)15(6-7-15)10-4-5-12(17-2)11(16)8-10/h4-5,8-9,13,17H,3,6-7H2,1-2H3,(H,18,20). The molecule has 2 rings (SSSR count). The number of anilines is 1. The van der Waals surface area contributed by atoms with Gasteiger partial charge in [0.25, 0.3) is 0 Å². The Morgan fingerprint density at radius 2 is 2.20 bits per heavy atom. The van der Waals surface area contributed by atoms with Gasteiger partial charge in [0.1, 0.15) is 12.1 Å². The van der Waals surface area contributed by atoms with Gasteiger partial charge in [0.15, 0.2) is 0 Å². The number of carbonyl (C=O) groups excluding carboxylic acids is 2. The average molecular weight is 278 g/mol. The fourth-order valence-corrected chi connectivity index (χ4v) is 2.52. The smallest absolute Gasteiger partial charge is 0.220 e. The fraction of sp³-hybridized carbons (Fsp3) is 0.467. The maximum atomic E-state index is 13.9. The summed E-state index contributed by atoms with van der Waals surface area (Å²) in [5.74, 6) is -0.511. The van der Waals surface area contributed by atoms with Gasteiger partial charge in [-0.25, -0.2) is 4.39 Å². The minimum absolute atomic E-state index is 0.166. The van der Waals surface area contributed by atoms with Gasteiger partial charge in [0.05, 0.1) is 11.7 Å². The van der Waals surface area contributed by atoms with Crippen molar-refractivity contribution in [3.63, 3.8) is 0 Å². The topological polar surface area (TPSA) is 58.2 Å². The van der Waals surface area contributed by atoms with E-state index in [2.05, 4.69) is 10.6 Å². The minimum atomic E-state index is -0.588. The van der Waals surface area contributed by atoms with Crippen LogP contribution in [0.5, 0.6) is 0 Å². The Balaban J connectivity index is 2.27. The van der Waals surface area contributed by atoms with E-state index in [1.54, 1.807) is 20.0 Å². The molecule has 2 N–H and O–H groups in total. The first-order valence-electron chi connectivity index (χ1n) is 6.80. The van der Waals surface area contributed by atoms with Crippen LogP contribution in [0.3, 0.4) is 0 Å². The van der Waals surface area contributed by atoms with Crippen LogP contribution < -0.4 is 10.6 Å². The lowest BCUT2D eigenvalue weighted by molar-refractivity contribution is -0.124. The highest BCUT2D eigenvalue weighted by molar-refractivity contribution is 5.80. The SMILES string of the molecule is CCC(=O)NC(C=O)C1(c2ccc(NC)c(F)c2)CC1. The lowest BCUT2D eigenvalue weighted by Crippen LogP contribution is -2.44. The maximum Gasteiger partial charge on any atom is 0.220 e. The van der Waals surface area contributed by atoms with E-state index in [0.717, 1.165) is 24.7 Å². The third-order valence-corrected chi connectivity index (χ3v) is 3.97. The largest absolute Gasteiger partial charge is 0.386 e. The van der Waals surface area contributed by atoms with E-state index in [4.69, 9.17) is 0 Å². The summed E-state index contributed by atoms with van der Waals surface area (Å²) in [4.78, 5) is 22.8. The van der Waals surface area contributed by atoms with Gasteiger partial charge >= 0.3 is 0 Å². The van der Waals surface area contributed by atoms with Crippen molar-refractivity contribution in [2.75, 3.05) is 12.4 Å². The van der Waals surface area contributed by atoms with E-state index >= 15 is 0 Å². The summed E-state index contributed by atoms with van der Waals surface area (Å²) in [5, 5.41) is 5.49. The van der Waals surface area contributed by atoms with Crippen LogP contribution in [-0.4, -0.2) is 25.3 Å². The van der Waals surface area contributed by atoms with E-state index in [-0.39, 0.29) is 11.7 Å². The van der Waals surface area contributed by atoms with Crippen molar-refractivity contribution in [1.29, 1.82) is 0 Å². The highest BCUT2D eigenvalue weighted by atomic mass is 19.1. The van der Waals surface area contributed by atoms with Crippen LogP contribution in [0, 0.1) is 5.82 Å².